The van der Waals surface area contributed by atoms with E-state index in [1.54, 1.807) is 31.2 Å². The van der Waals surface area contributed by atoms with Crippen LogP contribution >= 0.6 is 11.3 Å². The van der Waals surface area contributed by atoms with Gasteiger partial charge in [0.15, 0.2) is 9.84 Å². The fourth-order valence-electron chi connectivity index (χ4n) is 3.59. The van der Waals surface area contributed by atoms with Gasteiger partial charge >= 0.3 is 12.1 Å². The Hall–Kier alpha value is -3.24. The van der Waals surface area contributed by atoms with Crippen LogP contribution < -0.4 is 0 Å². The molecule has 0 bridgehead atoms. The van der Waals surface area contributed by atoms with Gasteiger partial charge in [0.05, 0.1) is 28.1 Å². The predicted molar refractivity (Wildman–Crippen MR) is 125 cm³/mol. The Kier molecular flexibility index (Phi) is 6.22. The van der Waals surface area contributed by atoms with Crippen LogP contribution in [0.2, 0.25) is 0 Å². The number of alkyl halides is 3. The molecule has 0 aliphatic carbocycles. The van der Waals surface area contributed by atoms with Crippen LogP contribution in [-0.4, -0.2) is 32.2 Å². The minimum absolute atomic E-state index is 0.0481. The van der Waals surface area contributed by atoms with E-state index in [1.807, 2.05) is 0 Å². The van der Waals surface area contributed by atoms with Crippen LogP contribution in [0, 0.1) is 0 Å². The first kappa shape index (κ1) is 23.9. The molecule has 0 amide bonds. The summed E-state index contributed by atoms with van der Waals surface area (Å²) < 4.78 is 69.8. The molecule has 34 heavy (non-hydrogen) atoms. The number of carbonyl (C=O) groups is 1. The number of sulfone groups is 1. The summed E-state index contributed by atoms with van der Waals surface area (Å²) in [6.45, 7) is 1.72. The van der Waals surface area contributed by atoms with E-state index in [2.05, 4.69) is 4.98 Å². The second-order valence-corrected chi connectivity index (χ2v) is 10.5. The number of nitrogens with zero attached hydrogens (tertiary/aromatic N) is 1. The van der Waals surface area contributed by atoms with E-state index in [0.717, 1.165) is 18.5 Å². The third kappa shape index (κ3) is 4.55. The summed E-state index contributed by atoms with van der Waals surface area (Å²) in [5.74, 6) is -0.696. The lowest BCUT2D eigenvalue weighted by Gasteiger charge is -2.14. The van der Waals surface area contributed by atoms with Gasteiger partial charge in [0, 0.05) is 33.2 Å². The Balaban J connectivity index is 1.94. The summed E-state index contributed by atoms with van der Waals surface area (Å²) in [5.41, 5.74) is -0.213. The van der Waals surface area contributed by atoms with E-state index in [0.29, 0.717) is 15.3 Å². The lowest BCUT2D eigenvalue weighted by Crippen LogP contribution is -2.10. The van der Waals surface area contributed by atoms with Crippen molar-refractivity contribution in [2.75, 3.05) is 12.9 Å². The molecule has 0 spiro atoms. The molecule has 0 atom stereocenters. The van der Waals surface area contributed by atoms with Gasteiger partial charge in [-0.25, -0.2) is 13.2 Å². The number of benzene rings is 2. The van der Waals surface area contributed by atoms with E-state index in [1.165, 1.54) is 35.6 Å². The maximum atomic E-state index is 13.6. The minimum Gasteiger partial charge on any atom is -0.462 e. The molecule has 0 saturated heterocycles. The van der Waals surface area contributed by atoms with Gasteiger partial charge in [-0.05, 0) is 42.8 Å². The molecule has 2 aromatic heterocycles. The van der Waals surface area contributed by atoms with Gasteiger partial charge in [0.2, 0.25) is 0 Å². The number of aromatic nitrogens is 1. The second kappa shape index (κ2) is 8.84. The number of esters is 1. The zero-order chi connectivity index (χ0) is 24.7. The summed E-state index contributed by atoms with van der Waals surface area (Å²) in [4.78, 5) is 18.0. The predicted octanol–water partition coefficient (Wildman–Crippen LogP) is 6.23. The van der Waals surface area contributed by atoms with Crippen LogP contribution in [0.25, 0.3) is 31.8 Å². The van der Waals surface area contributed by atoms with E-state index >= 15 is 0 Å². The van der Waals surface area contributed by atoms with Crippen molar-refractivity contribution in [1.29, 1.82) is 0 Å². The highest BCUT2D eigenvalue weighted by Gasteiger charge is 2.34. The Morgan fingerprint density at radius 2 is 1.76 bits per heavy atom. The van der Waals surface area contributed by atoms with Crippen LogP contribution in [0.1, 0.15) is 22.8 Å². The maximum absolute atomic E-state index is 13.6. The lowest BCUT2D eigenvalue weighted by atomic mass is 9.99. The van der Waals surface area contributed by atoms with Crippen molar-refractivity contribution in [1.82, 2.24) is 4.98 Å². The third-order valence-corrected chi connectivity index (χ3v) is 7.36. The summed E-state index contributed by atoms with van der Waals surface area (Å²) in [6.07, 6.45) is -2.41. The highest BCUT2D eigenvalue weighted by Crippen LogP contribution is 2.42. The number of pyridine rings is 1. The highest BCUT2D eigenvalue weighted by atomic mass is 32.2. The van der Waals surface area contributed by atoms with Crippen molar-refractivity contribution >= 4 is 38.0 Å². The zero-order valence-electron chi connectivity index (χ0n) is 18.0. The van der Waals surface area contributed by atoms with E-state index in [9.17, 15) is 26.4 Å². The maximum Gasteiger partial charge on any atom is 0.418 e. The number of rotatable bonds is 5. The molecule has 0 unspecified atom stereocenters. The number of ether oxygens (including phenoxy) is 1. The molecule has 2 aromatic carbocycles. The SMILES string of the molecule is CCOC(=O)c1cnc2c(C(F)(F)F)cccc2c1-c1ccc(-c2cccc(S(C)(=O)=O)c2)s1. The topological polar surface area (TPSA) is 73.3 Å². The normalized spacial score (nSPS) is 12.1. The second-order valence-electron chi connectivity index (χ2n) is 7.43. The molecule has 4 rings (SSSR count). The third-order valence-electron chi connectivity index (χ3n) is 5.10. The fraction of sp³-hybridized carbons (Fsp3) is 0.167. The first-order chi connectivity index (χ1) is 16.0. The van der Waals surface area contributed by atoms with Gasteiger partial charge in [-0.15, -0.1) is 11.3 Å². The van der Waals surface area contributed by atoms with Crippen LogP contribution in [0.3, 0.4) is 0 Å². The van der Waals surface area contributed by atoms with Gasteiger partial charge in [-0.2, -0.15) is 13.2 Å². The molecule has 4 aromatic rings. The molecule has 0 N–H and O–H groups in total. The van der Waals surface area contributed by atoms with Crippen molar-refractivity contribution < 1.29 is 31.1 Å². The Morgan fingerprint density at radius 3 is 2.44 bits per heavy atom. The van der Waals surface area contributed by atoms with Gasteiger partial charge in [0.1, 0.15) is 0 Å². The summed E-state index contributed by atoms with van der Waals surface area (Å²) in [7, 11) is -3.42. The number of halogens is 3. The van der Waals surface area contributed by atoms with Crippen LogP contribution in [0.5, 0.6) is 0 Å². The quantitative estimate of drug-likeness (QED) is 0.301. The van der Waals surface area contributed by atoms with Crippen molar-refractivity contribution in [3.05, 3.63) is 71.9 Å². The molecule has 5 nitrogen and oxygen atoms in total. The Morgan fingerprint density at radius 1 is 1.06 bits per heavy atom. The molecule has 0 fully saturated rings. The number of carbonyl (C=O) groups excluding carboxylic acids is 1. The standard InChI is InChI=1S/C24H18F3NO4S2/c1-3-32-23(29)17-13-28-22-16(8-5-9-18(22)24(25,26)27)21(17)20-11-10-19(33-20)14-6-4-7-15(12-14)34(2,30)31/h4-13H,3H2,1-2H3. The monoisotopic (exact) mass is 505 g/mol. The number of hydrogen-bond donors (Lipinski definition) is 0. The summed E-state index contributed by atoms with van der Waals surface area (Å²) >= 11 is 1.22. The largest absolute Gasteiger partial charge is 0.462 e. The molecule has 2 heterocycles. The van der Waals surface area contributed by atoms with Crippen LogP contribution in [-0.2, 0) is 20.8 Å². The molecule has 0 saturated carbocycles. The van der Waals surface area contributed by atoms with Crippen molar-refractivity contribution in [2.45, 2.75) is 18.0 Å². The van der Waals surface area contributed by atoms with E-state index in [-0.39, 0.29) is 33.5 Å². The average Bonchev–Trinajstić information content (AvgIpc) is 3.27. The Labute approximate surface area is 197 Å². The average molecular weight is 506 g/mol. The molecule has 0 aliphatic rings. The number of para-hydroxylation sites is 1. The molecular formula is C24H18F3NO4S2. The van der Waals surface area contributed by atoms with Gasteiger partial charge in [-0.3, -0.25) is 4.98 Å². The van der Waals surface area contributed by atoms with Gasteiger partial charge in [-0.1, -0.05) is 24.3 Å². The lowest BCUT2D eigenvalue weighted by molar-refractivity contribution is -0.136. The number of hydrogen-bond acceptors (Lipinski definition) is 6. The minimum atomic E-state index is -4.62. The zero-order valence-corrected chi connectivity index (χ0v) is 19.6. The smallest absolute Gasteiger partial charge is 0.418 e. The Bertz CT molecular complexity index is 1510. The van der Waals surface area contributed by atoms with Crippen molar-refractivity contribution in [3.63, 3.8) is 0 Å². The molecule has 0 aliphatic heterocycles. The van der Waals surface area contributed by atoms with Crippen LogP contribution in [0.15, 0.2) is 65.7 Å². The van der Waals surface area contributed by atoms with Gasteiger partial charge < -0.3 is 4.74 Å². The molecule has 176 valence electrons. The van der Waals surface area contributed by atoms with Crippen molar-refractivity contribution in [3.8, 4) is 20.9 Å². The summed E-state index contributed by atoms with van der Waals surface area (Å²) in [5, 5.41) is 0.165. The first-order valence-corrected chi connectivity index (χ1v) is 12.8. The van der Waals surface area contributed by atoms with Crippen LogP contribution in [0.4, 0.5) is 13.2 Å². The first-order valence-electron chi connectivity index (χ1n) is 10.1. The molecular weight excluding hydrogens is 487 g/mol. The van der Waals surface area contributed by atoms with E-state index < -0.39 is 27.5 Å². The summed E-state index contributed by atoms with van der Waals surface area (Å²) in [6, 6.07) is 13.5. The number of thiophene rings is 1. The van der Waals surface area contributed by atoms with E-state index in [4.69, 9.17) is 4.74 Å². The van der Waals surface area contributed by atoms with Crippen molar-refractivity contribution in [2.24, 2.45) is 0 Å². The van der Waals surface area contributed by atoms with Gasteiger partial charge in [0.25, 0.3) is 0 Å². The molecule has 10 heteroatoms. The highest BCUT2D eigenvalue weighted by molar-refractivity contribution is 7.90. The number of fused-ring (bicyclic) bond motifs is 1. The fourth-order valence-corrected chi connectivity index (χ4v) is 5.33. The molecule has 0 radical (unpaired) electrons.